The summed E-state index contributed by atoms with van der Waals surface area (Å²) >= 11 is 0.313. The lowest BCUT2D eigenvalue weighted by molar-refractivity contribution is -0.134. The van der Waals surface area contributed by atoms with Crippen LogP contribution in [0.5, 0.6) is 0 Å². The van der Waals surface area contributed by atoms with E-state index >= 15 is 0 Å². The van der Waals surface area contributed by atoms with Crippen LogP contribution in [0, 0.1) is 0 Å². The molecule has 1 saturated heterocycles. The van der Waals surface area contributed by atoms with Crippen molar-refractivity contribution < 1.29 is 23.2 Å². The number of benzene rings is 2. The highest BCUT2D eigenvalue weighted by Crippen LogP contribution is 2.40. The van der Waals surface area contributed by atoms with Crippen molar-refractivity contribution in [1.82, 2.24) is 10.2 Å². The van der Waals surface area contributed by atoms with Crippen LogP contribution < -0.4 is 10.6 Å². The first kappa shape index (κ1) is 20.3. The van der Waals surface area contributed by atoms with E-state index in [4.69, 9.17) is 0 Å². The van der Waals surface area contributed by atoms with E-state index in [0.29, 0.717) is 18.2 Å². The van der Waals surface area contributed by atoms with Gasteiger partial charge in [0, 0.05) is 4.90 Å². The second-order valence-electron chi connectivity index (χ2n) is 7.16. The molecular weight excluding hydrogens is 412 g/mol. The number of hydrogen-bond acceptors (Lipinski definition) is 4. The van der Waals surface area contributed by atoms with Gasteiger partial charge in [-0.2, -0.15) is 8.78 Å². The number of amides is 4. The SMILES string of the molecule is O=C(CN1C(=O)NC2(CCCc3ccccc32)C1=O)Nc1ccccc1SC(F)F. The van der Waals surface area contributed by atoms with Gasteiger partial charge < -0.3 is 10.6 Å². The van der Waals surface area contributed by atoms with Gasteiger partial charge in [0.2, 0.25) is 5.91 Å². The van der Waals surface area contributed by atoms with Crippen LogP contribution in [-0.4, -0.2) is 35.0 Å². The van der Waals surface area contributed by atoms with Gasteiger partial charge >= 0.3 is 6.03 Å². The van der Waals surface area contributed by atoms with E-state index < -0.39 is 35.7 Å². The van der Waals surface area contributed by atoms with E-state index in [2.05, 4.69) is 10.6 Å². The Morgan fingerprint density at radius 3 is 2.70 bits per heavy atom. The number of urea groups is 1. The highest BCUT2D eigenvalue weighted by Gasteiger charge is 2.54. The first-order valence-electron chi connectivity index (χ1n) is 9.47. The number of nitrogens with one attached hydrogen (secondary N) is 2. The lowest BCUT2D eigenvalue weighted by Crippen LogP contribution is -2.47. The molecule has 30 heavy (non-hydrogen) atoms. The van der Waals surface area contributed by atoms with Crippen LogP contribution in [-0.2, 0) is 21.5 Å². The number of aryl methyl sites for hydroxylation is 1. The fraction of sp³-hybridized carbons (Fsp3) is 0.286. The number of halogens is 2. The maximum absolute atomic E-state index is 13.2. The smallest absolute Gasteiger partial charge is 0.324 e. The standard InChI is InChI=1S/C21H19F2N3O3S/c22-19(23)30-16-10-4-3-9-15(16)24-17(27)12-26-18(28)21(25-20(26)29)11-5-7-13-6-1-2-8-14(13)21/h1-4,6,8-10,19H,5,7,11-12H2,(H,24,27)(H,25,29). The molecule has 2 aromatic rings. The Balaban J connectivity index is 1.52. The van der Waals surface area contributed by atoms with Crippen molar-refractivity contribution in [3.63, 3.8) is 0 Å². The summed E-state index contributed by atoms with van der Waals surface area (Å²) in [5.74, 6) is -3.74. The Morgan fingerprint density at radius 1 is 1.17 bits per heavy atom. The van der Waals surface area contributed by atoms with Gasteiger partial charge in [-0.3, -0.25) is 14.5 Å². The highest BCUT2D eigenvalue weighted by molar-refractivity contribution is 7.99. The summed E-state index contributed by atoms with van der Waals surface area (Å²) in [7, 11) is 0. The fourth-order valence-corrected chi connectivity index (χ4v) is 4.65. The van der Waals surface area contributed by atoms with Crippen molar-refractivity contribution in [3.05, 3.63) is 59.7 Å². The zero-order chi connectivity index (χ0) is 21.3. The average molecular weight is 431 g/mol. The van der Waals surface area contributed by atoms with Crippen molar-refractivity contribution in [3.8, 4) is 0 Å². The van der Waals surface area contributed by atoms with E-state index in [-0.39, 0.29) is 10.6 Å². The van der Waals surface area contributed by atoms with Gasteiger partial charge in [-0.15, -0.1) is 0 Å². The third kappa shape index (κ3) is 3.65. The first-order valence-corrected chi connectivity index (χ1v) is 10.3. The van der Waals surface area contributed by atoms with Crippen LogP contribution in [0.25, 0.3) is 0 Å². The second kappa shape index (κ2) is 8.06. The molecule has 4 amide bonds. The molecule has 9 heteroatoms. The Morgan fingerprint density at radius 2 is 1.90 bits per heavy atom. The summed E-state index contributed by atoms with van der Waals surface area (Å²) in [6.45, 7) is -0.498. The van der Waals surface area contributed by atoms with E-state index in [1.54, 1.807) is 12.1 Å². The molecule has 2 N–H and O–H groups in total. The molecule has 2 aliphatic rings. The molecule has 1 fully saturated rings. The van der Waals surface area contributed by atoms with Gasteiger partial charge in [-0.05, 0) is 42.5 Å². The minimum atomic E-state index is -2.64. The molecule has 2 aromatic carbocycles. The number of para-hydroxylation sites is 1. The normalized spacial score (nSPS) is 20.4. The predicted molar refractivity (Wildman–Crippen MR) is 108 cm³/mol. The van der Waals surface area contributed by atoms with E-state index in [1.165, 1.54) is 12.1 Å². The Hall–Kier alpha value is -2.94. The van der Waals surface area contributed by atoms with Crippen LogP contribution in [0.2, 0.25) is 0 Å². The van der Waals surface area contributed by atoms with Crippen LogP contribution in [0.4, 0.5) is 19.3 Å². The molecular formula is C21H19F2N3O3S. The zero-order valence-corrected chi connectivity index (χ0v) is 16.7. The molecule has 6 nitrogen and oxygen atoms in total. The number of hydrogen-bond donors (Lipinski definition) is 2. The number of fused-ring (bicyclic) bond motifs is 2. The van der Waals surface area contributed by atoms with Crippen LogP contribution >= 0.6 is 11.8 Å². The summed E-state index contributed by atoms with van der Waals surface area (Å²) in [6.07, 6.45) is 2.02. The van der Waals surface area contributed by atoms with E-state index in [0.717, 1.165) is 28.9 Å². The molecule has 0 radical (unpaired) electrons. The average Bonchev–Trinajstić information content (AvgIpc) is 2.94. The van der Waals surface area contributed by atoms with E-state index in [9.17, 15) is 23.2 Å². The van der Waals surface area contributed by atoms with Crippen molar-refractivity contribution in [1.29, 1.82) is 0 Å². The molecule has 1 aliphatic heterocycles. The molecule has 1 heterocycles. The maximum Gasteiger partial charge on any atom is 0.325 e. The Labute approximate surface area is 176 Å². The van der Waals surface area contributed by atoms with Crippen molar-refractivity contribution >= 4 is 35.3 Å². The molecule has 0 aromatic heterocycles. The molecule has 4 rings (SSSR count). The summed E-state index contributed by atoms with van der Waals surface area (Å²) in [5.41, 5.74) is 0.811. The van der Waals surface area contributed by atoms with Gasteiger partial charge in [0.25, 0.3) is 11.7 Å². The quantitative estimate of drug-likeness (QED) is 0.559. The van der Waals surface area contributed by atoms with Crippen molar-refractivity contribution in [2.45, 2.75) is 35.5 Å². The molecule has 0 bridgehead atoms. The lowest BCUT2D eigenvalue weighted by atomic mass is 9.76. The first-order chi connectivity index (χ1) is 14.4. The number of thioether (sulfide) groups is 1. The minimum Gasteiger partial charge on any atom is -0.324 e. The highest BCUT2D eigenvalue weighted by atomic mass is 32.2. The predicted octanol–water partition coefficient (Wildman–Crippen LogP) is 3.72. The van der Waals surface area contributed by atoms with Crippen LogP contribution in [0.15, 0.2) is 53.4 Å². The van der Waals surface area contributed by atoms with Crippen molar-refractivity contribution in [2.75, 3.05) is 11.9 Å². The largest absolute Gasteiger partial charge is 0.325 e. The van der Waals surface area contributed by atoms with Gasteiger partial charge in [0.05, 0.1) is 5.69 Å². The summed E-state index contributed by atoms with van der Waals surface area (Å²) < 4.78 is 25.5. The number of rotatable bonds is 5. The number of carbonyl (C=O) groups excluding carboxylic acids is 3. The van der Waals surface area contributed by atoms with Gasteiger partial charge in [-0.25, -0.2) is 4.79 Å². The molecule has 1 unspecified atom stereocenters. The lowest BCUT2D eigenvalue weighted by Gasteiger charge is -2.33. The number of nitrogens with zero attached hydrogens (tertiary/aromatic N) is 1. The fourth-order valence-electron chi connectivity index (χ4n) is 4.06. The molecule has 0 saturated carbocycles. The van der Waals surface area contributed by atoms with Crippen LogP contribution in [0.3, 0.4) is 0 Å². The van der Waals surface area contributed by atoms with E-state index in [1.807, 2.05) is 24.3 Å². The summed E-state index contributed by atoms with van der Waals surface area (Å²) in [4.78, 5) is 39.4. The number of carbonyl (C=O) groups is 3. The topological polar surface area (TPSA) is 78.5 Å². The third-order valence-electron chi connectivity index (χ3n) is 5.33. The maximum atomic E-state index is 13.2. The summed E-state index contributed by atoms with van der Waals surface area (Å²) in [5, 5.41) is 5.31. The van der Waals surface area contributed by atoms with Gasteiger partial charge in [0.15, 0.2) is 0 Å². The monoisotopic (exact) mass is 431 g/mol. The number of alkyl halides is 2. The zero-order valence-electron chi connectivity index (χ0n) is 15.9. The van der Waals surface area contributed by atoms with Crippen LogP contribution in [0.1, 0.15) is 24.0 Å². The van der Waals surface area contributed by atoms with Gasteiger partial charge in [-0.1, -0.05) is 48.2 Å². The Kier molecular flexibility index (Phi) is 5.46. The minimum absolute atomic E-state index is 0.204. The number of anilines is 1. The second-order valence-corrected chi connectivity index (χ2v) is 8.19. The molecule has 1 spiro atoms. The van der Waals surface area contributed by atoms with Gasteiger partial charge in [0.1, 0.15) is 12.1 Å². The Bertz CT molecular complexity index is 1020. The third-order valence-corrected chi connectivity index (χ3v) is 6.12. The van der Waals surface area contributed by atoms with Crippen molar-refractivity contribution in [2.24, 2.45) is 0 Å². The summed E-state index contributed by atoms with van der Waals surface area (Å²) in [6, 6.07) is 13.0. The molecule has 156 valence electrons. The molecule has 1 aliphatic carbocycles. The molecule has 1 atom stereocenters. The number of imide groups is 1.